The van der Waals surface area contributed by atoms with Gasteiger partial charge in [0.15, 0.2) is 0 Å². The molecule has 1 fully saturated rings. The van der Waals surface area contributed by atoms with E-state index in [1.54, 1.807) is 7.05 Å². The van der Waals surface area contributed by atoms with Crippen LogP contribution in [0.3, 0.4) is 0 Å². The number of hydrogen-bond donors (Lipinski definition) is 1. The van der Waals surface area contributed by atoms with Crippen molar-refractivity contribution in [1.29, 1.82) is 0 Å². The summed E-state index contributed by atoms with van der Waals surface area (Å²) in [5.41, 5.74) is 3.63. The van der Waals surface area contributed by atoms with Gasteiger partial charge >= 0.3 is 0 Å². The van der Waals surface area contributed by atoms with Crippen molar-refractivity contribution >= 4 is 16.8 Å². The van der Waals surface area contributed by atoms with E-state index in [0.717, 1.165) is 42.7 Å². The molecule has 1 unspecified atom stereocenters. The Labute approximate surface area is 165 Å². The molecule has 1 aromatic heterocycles. The number of para-hydroxylation sites is 1. The molecule has 5 nitrogen and oxygen atoms in total. The Morgan fingerprint density at radius 2 is 1.96 bits per heavy atom. The van der Waals surface area contributed by atoms with Crippen molar-refractivity contribution in [3.63, 3.8) is 0 Å². The van der Waals surface area contributed by atoms with Crippen LogP contribution >= 0.6 is 0 Å². The highest BCUT2D eigenvalue weighted by Crippen LogP contribution is 2.26. The zero-order chi connectivity index (χ0) is 19.3. The van der Waals surface area contributed by atoms with Gasteiger partial charge in [0.05, 0.1) is 23.4 Å². The first-order valence-corrected chi connectivity index (χ1v) is 9.74. The van der Waals surface area contributed by atoms with Gasteiger partial charge < -0.3 is 10.1 Å². The zero-order valence-electron chi connectivity index (χ0n) is 16.1. The lowest BCUT2D eigenvalue weighted by atomic mass is 10.0. The minimum Gasteiger partial charge on any atom is -0.369 e. The maximum absolute atomic E-state index is 12.4. The molecule has 1 aliphatic rings. The van der Waals surface area contributed by atoms with E-state index in [9.17, 15) is 4.79 Å². The molecule has 0 spiro atoms. The number of carbonyl (C=O) groups is 1. The van der Waals surface area contributed by atoms with Crippen LogP contribution in [0.2, 0.25) is 0 Å². The van der Waals surface area contributed by atoms with Gasteiger partial charge in [0, 0.05) is 32.1 Å². The molecule has 0 saturated carbocycles. The van der Waals surface area contributed by atoms with Crippen LogP contribution in [-0.4, -0.2) is 49.1 Å². The molecule has 0 radical (unpaired) electrons. The molecular formula is C23H25N3O2. The summed E-state index contributed by atoms with van der Waals surface area (Å²) in [6, 6.07) is 20.2. The fourth-order valence-corrected chi connectivity index (χ4v) is 3.70. The maximum atomic E-state index is 12.4. The predicted molar refractivity (Wildman–Crippen MR) is 110 cm³/mol. The van der Waals surface area contributed by atoms with E-state index in [4.69, 9.17) is 9.72 Å². The highest BCUT2D eigenvalue weighted by molar-refractivity contribution is 6.06. The van der Waals surface area contributed by atoms with E-state index in [1.165, 1.54) is 5.56 Å². The molecule has 4 rings (SSSR count). The number of nitrogens with one attached hydrogen (secondary N) is 1. The maximum Gasteiger partial charge on any atom is 0.251 e. The summed E-state index contributed by atoms with van der Waals surface area (Å²) in [5.74, 6) is -0.100. The van der Waals surface area contributed by atoms with Crippen molar-refractivity contribution in [3.8, 4) is 0 Å². The Morgan fingerprint density at radius 1 is 1.18 bits per heavy atom. The smallest absolute Gasteiger partial charge is 0.251 e. The Kier molecular flexibility index (Phi) is 5.65. The SMILES string of the molecule is CNC(=O)c1cc(C2CN(CCc3ccccc3)CCO2)nc2ccccc12. The minimum absolute atomic E-state index is 0.100. The molecule has 5 heteroatoms. The molecule has 1 atom stereocenters. The van der Waals surface area contributed by atoms with Gasteiger partial charge in [-0.25, -0.2) is 4.98 Å². The average Bonchev–Trinajstić information content (AvgIpc) is 2.77. The molecule has 1 N–H and O–H groups in total. The molecule has 1 aliphatic heterocycles. The number of benzene rings is 2. The summed E-state index contributed by atoms with van der Waals surface area (Å²) in [7, 11) is 1.65. The fraction of sp³-hybridized carbons (Fsp3) is 0.304. The number of ether oxygens (including phenoxy) is 1. The molecule has 2 heterocycles. The fourth-order valence-electron chi connectivity index (χ4n) is 3.70. The first kappa shape index (κ1) is 18.6. The minimum atomic E-state index is -0.127. The van der Waals surface area contributed by atoms with Crippen LogP contribution in [-0.2, 0) is 11.2 Å². The first-order valence-electron chi connectivity index (χ1n) is 9.74. The Morgan fingerprint density at radius 3 is 2.79 bits per heavy atom. The van der Waals surface area contributed by atoms with Crippen LogP contribution in [0.1, 0.15) is 27.7 Å². The monoisotopic (exact) mass is 375 g/mol. The molecule has 0 bridgehead atoms. The number of morpholine rings is 1. The van der Waals surface area contributed by atoms with Crippen molar-refractivity contribution < 1.29 is 9.53 Å². The number of amides is 1. The van der Waals surface area contributed by atoms with Crippen molar-refractivity contribution in [2.75, 3.05) is 33.3 Å². The number of rotatable bonds is 5. The van der Waals surface area contributed by atoms with Gasteiger partial charge in [-0.05, 0) is 24.1 Å². The van der Waals surface area contributed by atoms with Crippen molar-refractivity contribution in [1.82, 2.24) is 15.2 Å². The molecule has 3 aromatic rings. The lowest BCUT2D eigenvalue weighted by Crippen LogP contribution is -2.39. The highest BCUT2D eigenvalue weighted by atomic mass is 16.5. The van der Waals surface area contributed by atoms with E-state index >= 15 is 0 Å². The topological polar surface area (TPSA) is 54.5 Å². The first-order chi connectivity index (χ1) is 13.7. The van der Waals surface area contributed by atoms with E-state index in [1.807, 2.05) is 36.4 Å². The van der Waals surface area contributed by atoms with Gasteiger partial charge in [0.2, 0.25) is 0 Å². The van der Waals surface area contributed by atoms with Crippen LogP contribution in [0.25, 0.3) is 10.9 Å². The second-order valence-corrected chi connectivity index (χ2v) is 7.09. The molecule has 144 valence electrons. The number of fused-ring (bicyclic) bond motifs is 1. The molecule has 28 heavy (non-hydrogen) atoms. The normalized spacial score (nSPS) is 17.5. The predicted octanol–water partition coefficient (Wildman–Crippen LogP) is 3.21. The average molecular weight is 375 g/mol. The third-order valence-corrected chi connectivity index (χ3v) is 5.25. The van der Waals surface area contributed by atoms with E-state index in [-0.39, 0.29) is 12.0 Å². The molecule has 0 aliphatic carbocycles. The van der Waals surface area contributed by atoms with Gasteiger partial charge in [-0.15, -0.1) is 0 Å². The van der Waals surface area contributed by atoms with Crippen LogP contribution < -0.4 is 5.32 Å². The summed E-state index contributed by atoms with van der Waals surface area (Å²) < 4.78 is 6.03. The van der Waals surface area contributed by atoms with Gasteiger partial charge in [0.1, 0.15) is 6.10 Å². The summed E-state index contributed by atoms with van der Waals surface area (Å²) in [6.07, 6.45) is 0.889. The van der Waals surface area contributed by atoms with Crippen LogP contribution in [0.5, 0.6) is 0 Å². The molecule has 2 aromatic carbocycles. The Hall–Kier alpha value is -2.76. The van der Waals surface area contributed by atoms with E-state index in [2.05, 4.69) is 34.5 Å². The van der Waals surface area contributed by atoms with Crippen molar-refractivity contribution in [3.05, 3.63) is 77.5 Å². The van der Waals surface area contributed by atoms with Crippen LogP contribution in [0.4, 0.5) is 0 Å². The highest BCUT2D eigenvalue weighted by Gasteiger charge is 2.24. The lowest BCUT2D eigenvalue weighted by Gasteiger charge is -2.33. The summed E-state index contributed by atoms with van der Waals surface area (Å²) in [4.78, 5) is 19.6. The Bertz CT molecular complexity index is 958. The molecule has 1 amide bonds. The lowest BCUT2D eigenvalue weighted by molar-refractivity contribution is -0.0315. The number of hydrogen-bond acceptors (Lipinski definition) is 4. The van der Waals surface area contributed by atoms with Gasteiger partial charge in [-0.2, -0.15) is 0 Å². The van der Waals surface area contributed by atoms with Gasteiger partial charge in [-0.1, -0.05) is 48.5 Å². The van der Waals surface area contributed by atoms with Gasteiger partial charge in [-0.3, -0.25) is 9.69 Å². The number of pyridine rings is 1. The zero-order valence-corrected chi connectivity index (χ0v) is 16.1. The number of nitrogens with zero attached hydrogens (tertiary/aromatic N) is 2. The third kappa shape index (κ3) is 4.06. The summed E-state index contributed by atoms with van der Waals surface area (Å²) in [6.45, 7) is 3.35. The third-order valence-electron chi connectivity index (χ3n) is 5.25. The molecular weight excluding hydrogens is 350 g/mol. The summed E-state index contributed by atoms with van der Waals surface area (Å²) >= 11 is 0. The second kappa shape index (κ2) is 8.50. The number of carbonyl (C=O) groups excluding carboxylic acids is 1. The van der Waals surface area contributed by atoms with Crippen LogP contribution in [0, 0.1) is 0 Å². The van der Waals surface area contributed by atoms with Gasteiger partial charge in [0.25, 0.3) is 5.91 Å². The largest absolute Gasteiger partial charge is 0.369 e. The number of aromatic nitrogens is 1. The molecule has 1 saturated heterocycles. The van der Waals surface area contributed by atoms with Crippen LogP contribution in [0.15, 0.2) is 60.7 Å². The van der Waals surface area contributed by atoms with E-state index in [0.29, 0.717) is 12.2 Å². The Balaban J connectivity index is 1.54. The standard InChI is InChI=1S/C23H25N3O2/c1-24-23(27)19-15-21(25-20-10-6-5-9-18(19)20)22-16-26(13-14-28-22)12-11-17-7-3-2-4-8-17/h2-10,15,22H,11-14,16H2,1H3,(H,24,27). The van der Waals surface area contributed by atoms with Crippen molar-refractivity contribution in [2.24, 2.45) is 0 Å². The quantitative estimate of drug-likeness (QED) is 0.744. The summed E-state index contributed by atoms with van der Waals surface area (Å²) in [5, 5.41) is 3.60. The van der Waals surface area contributed by atoms with E-state index < -0.39 is 0 Å². The van der Waals surface area contributed by atoms with Crippen molar-refractivity contribution in [2.45, 2.75) is 12.5 Å². The second-order valence-electron chi connectivity index (χ2n) is 7.09.